The first-order valence-electron chi connectivity index (χ1n) is 6.98. The molecule has 7 heteroatoms. The fourth-order valence-electron chi connectivity index (χ4n) is 2.97. The third kappa shape index (κ3) is 2.43. The molecule has 1 aliphatic rings. The molecule has 0 aliphatic carbocycles. The van der Waals surface area contributed by atoms with Gasteiger partial charge in [0.05, 0.1) is 18.0 Å². The molecule has 1 fully saturated rings. The van der Waals surface area contributed by atoms with E-state index in [2.05, 4.69) is 15.2 Å². The van der Waals surface area contributed by atoms with E-state index in [1.165, 1.54) is 0 Å². The summed E-state index contributed by atoms with van der Waals surface area (Å²) in [6, 6.07) is 0. The zero-order valence-corrected chi connectivity index (χ0v) is 12.4. The number of rotatable bonds is 6. The molecule has 0 radical (unpaired) electrons. The van der Waals surface area contributed by atoms with Crippen molar-refractivity contribution in [1.82, 2.24) is 19.9 Å². The summed E-state index contributed by atoms with van der Waals surface area (Å²) in [5.74, 6) is -0.315. The van der Waals surface area contributed by atoms with Gasteiger partial charge < -0.3 is 10.5 Å². The summed E-state index contributed by atoms with van der Waals surface area (Å²) in [5.41, 5.74) is 6.88. The molecule has 0 saturated carbocycles. The number of nitrogens with two attached hydrogens (primary N) is 1. The van der Waals surface area contributed by atoms with Crippen LogP contribution >= 0.6 is 0 Å². The third-order valence-electron chi connectivity index (χ3n) is 4.14. The lowest BCUT2D eigenvalue weighted by Gasteiger charge is -2.35. The van der Waals surface area contributed by atoms with Gasteiger partial charge >= 0.3 is 0 Å². The van der Waals surface area contributed by atoms with Crippen molar-refractivity contribution in [2.75, 3.05) is 20.3 Å². The van der Waals surface area contributed by atoms with Crippen LogP contribution in [0.2, 0.25) is 0 Å². The quantitative estimate of drug-likeness (QED) is 0.797. The smallest absolute Gasteiger partial charge is 0.240 e. The van der Waals surface area contributed by atoms with E-state index >= 15 is 0 Å². The van der Waals surface area contributed by atoms with Gasteiger partial charge in [0.25, 0.3) is 0 Å². The second-order valence-electron chi connectivity index (χ2n) is 5.29. The maximum absolute atomic E-state index is 12.0. The molecule has 1 aliphatic heterocycles. The van der Waals surface area contributed by atoms with Crippen LogP contribution in [0.3, 0.4) is 0 Å². The van der Waals surface area contributed by atoms with Gasteiger partial charge in [-0.15, -0.1) is 5.10 Å². The van der Waals surface area contributed by atoms with Crippen LogP contribution < -0.4 is 5.73 Å². The number of ether oxygens (including phenoxy) is 1. The van der Waals surface area contributed by atoms with Crippen molar-refractivity contribution < 1.29 is 9.53 Å². The summed E-state index contributed by atoms with van der Waals surface area (Å²) in [4.78, 5) is 14.1. The average Bonchev–Trinajstić information content (AvgIpc) is 2.97. The number of aryl methyl sites for hydroxylation is 2. The van der Waals surface area contributed by atoms with Crippen LogP contribution in [0.4, 0.5) is 0 Å². The first kappa shape index (κ1) is 14.9. The highest BCUT2D eigenvalue weighted by Gasteiger charge is 2.46. The Morgan fingerprint density at radius 3 is 2.90 bits per heavy atom. The van der Waals surface area contributed by atoms with E-state index in [9.17, 15) is 4.79 Å². The average molecular weight is 281 g/mol. The topological polar surface area (TPSA) is 86.3 Å². The Morgan fingerprint density at radius 1 is 1.55 bits per heavy atom. The summed E-state index contributed by atoms with van der Waals surface area (Å²) in [7, 11) is 1.60. The number of amides is 1. The Hall–Kier alpha value is -1.47. The van der Waals surface area contributed by atoms with Crippen molar-refractivity contribution in [1.29, 1.82) is 0 Å². The molecule has 112 valence electrons. The van der Waals surface area contributed by atoms with Crippen molar-refractivity contribution in [2.24, 2.45) is 5.73 Å². The molecule has 1 amide bonds. The third-order valence-corrected chi connectivity index (χ3v) is 4.14. The first-order valence-corrected chi connectivity index (χ1v) is 6.98. The number of hydrogen-bond acceptors (Lipinski definition) is 5. The molecule has 2 rings (SSSR count). The number of aromatic nitrogens is 3. The standard InChI is InChI=1S/C13H23N5O2/c1-4-18-11(10(2)15-16-18)8-17-7-5-6-13(17,9-20-3)12(14)19/h4-9H2,1-3H3,(H2,14,19). The van der Waals surface area contributed by atoms with Gasteiger partial charge in [0, 0.05) is 20.2 Å². The van der Waals surface area contributed by atoms with Crippen molar-refractivity contribution in [2.45, 2.75) is 45.3 Å². The highest BCUT2D eigenvalue weighted by atomic mass is 16.5. The summed E-state index contributed by atoms with van der Waals surface area (Å²) in [6.07, 6.45) is 1.68. The van der Waals surface area contributed by atoms with Crippen molar-refractivity contribution in [3.63, 3.8) is 0 Å². The van der Waals surface area contributed by atoms with Gasteiger partial charge in [0.1, 0.15) is 5.54 Å². The van der Waals surface area contributed by atoms with Gasteiger partial charge in [0.15, 0.2) is 0 Å². The Kier molecular flexibility index (Phi) is 4.39. The molecule has 0 bridgehead atoms. The Labute approximate surface area is 119 Å². The van der Waals surface area contributed by atoms with Crippen LogP contribution in [-0.2, 0) is 22.6 Å². The van der Waals surface area contributed by atoms with E-state index in [4.69, 9.17) is 10.5 Å². The van der Waals surface area contributed by atoms with Gasteiger partial charge in [-0.25, -0.2) is 4.68 Å². The maximum Gasteiger partial charge on any atom is 0.240 e. The molecule has 1 aromatic heterocycles. The van der Waals surface area contributed by atoms with Crippen LogP contribution in [0.15, 0.2) is 0 Å². The minimum atomic E-state index is -0.704. The van der Waals surface area contributed by atoms with Crippen LogP contribution in [0.5, 0.6) is 0 Å². The lowest BCUT2D eigenvalue weighted by molar-refractivity contribution is -0.132. The van der Waals surface area contributed by atoms with E-state index in [1.54, 1.807) is 7.11 Å². The lowest BCUT2D eigenvalue weighted by atomic mass is 9.96. The van der Waals surface area contributed by atoms with E-state index in [0.717, 1.165) is 37.3 Å². The molecule has 20 heavy (non-hydrogen) atoms. The molecule has 2 heterocycles. The number of methoxy groups -OCH3 is 1. The van der Waals surface area contributed by atoms with Crippen LogP contribution in [0, 0.1) is 6.92 Å². The minimum Gasteiger partial charge on any atom is -0.382 e. The molecule has 1 atom stereocenters. The monoisotopic (exact) mass is 281 g/mol. The molecule has 0 spiro atoms. The largest absolute Gasteiger partial charge is 0.382 e. The number of nitrogens with zero attached hydrogens (tertiary/aromatic N) is 4. The second-order valence-corrected chi connectivity index (χ2v) is 5.29. The predicted octanol–water partition coefficient (Wildman–Crippen LogP) is 0.0727. The predicted molar refractivity (Wildman–Crippen MR) is 73.9 cm³/mol. The fourth-order valence-corrected chi connectivity index (χ4v) is 2.97. The normalized spacial score (nSPS) is 23.4. The number of carbonyl (C=O) groups excluding carboxylic acids is 1. The number of carbonyl (C=O) groups is 1. The minimum absolute atomic E-state index is 0.315. The molecule has 1 saturated heterocycles. The van der Waals surface area contributed by atoms with E-state index in [0.29, 0.717) is 13.2 Å². The summed E-state index contributed by atoms with van der Waals surface area (Å²) in [6.45, 7) is 6.51. The molecule has 2 N–H and O–H groups in total. The maximum atomic E-state index is 12.0. The number of hydrogen-bond donors (Lipinski definition) is 1. The fraction of sp³-hybridized carbons (Fsp3) is 0.769. The molecule has 1 unspecified atom stereocenters. The summed E-state index contributed by atoms with van der Waals surface area (Å²) >= 11 is 0. The van der Waals surface area contributed by atoms with Crippen molar-refractivity contribution in [3.05, 3.63) is 11.4 Å². The SMILES string of the molecule is CCn1nnc(C)c1CN1CCCC1(COC)C(N)=O. The highest BCUT2D eigenvalue weighted by molar-refractivity contribution is 5.85. The summed E-state index contributed by atoms with van der Waals surface area (Å²) < 4.78 is 7.11. The zero-order valence-electron chi connectivity index (χ0n) is 12.4. The van der Waals surface area contributed by atoms with Gasteiger partial charge in [-0.05, 0) is 33.2 Å². The molecular formula is C13H23N5O2. The van der Waals surface area contributed by atoms with Gasteiger partial charge in [-0.1, -0.05) is 5.21 Å². The number of primary amides is 1. The Balaban J connectivity index is 2.26. The molecule has 0 aromatic carbocycles. The molecule has 1 aromatic rings. The molecular weight excluding hydrogens is 258 g/mol. The molecule has 7 nitrogen and oxygen atoms in total. The lowest BCUT2D eigenvalue weighted by Crippen LogP contribution is -2.56. The van der Waals surface area contributed by atoms with Crippen molar-refractivity contribution in [3.8, 4) is 0 Å². The highest BCUT2D eigenvalue weighted by Crippen LogP contribution is 2.31. The van der Waals surface area contributed by atoms with Gasteiger partial charge in [-0.3, -0.25) is 9.69 Å². The Morgan fingerprint density at radius 2 is 2.30 bits per heavy atom. The van der Waals surface area contributed by atoms with Gasteiger partial charge in [0.2, 0.25) is 5.91 Å². The van der Waals surface area contributed by atoms with E-state index in [1.807, 2.05) is 18.5 Å². The number of likely N-dealkylation sites (tertiary alicyclic amines) is 1. The first-order chi connectivity index (χ1) is 9.55. The van der Waals surface area contributed by atoms with Crippen LogP contribution in [0.25, 0.3) is 0 Å². The van der Waals surface area contributed by atoms with E-state index in [-0.39, 0.29) is 5.91 Å². The van der Waals surface area contributed by atoms with Gasteiger partial charge in [-0.2, -0.15) is 0 Å². The van der Waals surface area contributed by atoms with Crippen LogP contribution in [0.1, 0.15) is 31.2 Å². The van der Waals surface area contributed by atoms with Crippen molar-refractivity contribution >= 4 is 5.91 Å². The Bertz CT molecular complexity index is 487. The second kappa shape index (κ2) is 5.88. The van der Waals surface area contributed by atoms with E-state index < -0.39 is 5.54 Å². The summed E-state index contributed by atoms with van der Waals surface area (Å²) in [5, 5.41) is 8.21. The zero-order chi connectivity index (χ0) is 14.8. The van der Waals surface area contributed by atoms with Crippen LogP contribution in [-0.4, -0.2) is 51.6 Å².